The molecule has 3 unspecified atom stereocenters. The van der Waals surface area contributed by atoms with Gasteiger partial charge in [-0.25, -0.2) is 9.78 Å². The molecule has 3 atom stereocenters. The minimum atomic E-state index is -1.03. The molecule has 0 bridgehead atoms. The third-order valence-corrected chi connectivity index (χ3v) is 6.70. The Labute approximate surface area is 200 Å². The minimum Gasteiger partial charge on any atom is -0.481 e. The van der Waals surface area contributed by atoms with E-state index in [1.165, 1.54) is 35.5 Å². The van der Waals surface area contributed by atoms with Crippen LogP contribution in [0.4, 0.5) is 0 Å². The van der Waals surface area contributed by atoms with Gasteiger partial charge in [-0.05, 0) is 25.7 Å². The number of carboxylic acids is 1. The Bertz CT molecular complexity index is 931. The summed E-state index contributed by atoms with van der Waals surface area (Å²) >= 11 is 0.952. The summed E-state index contributed by atoms with van der Waals surface area (Å²) in [5, 5.41) is 11.7. The molecule has 2 saturated heterocycles. The molecule has 13 heteroatoms. The van der Waals surface area contributed by atoms with Crippen molar-refractivity contribution in [3.8, 4) is 0 Å². The fourth-order valence-electron chi connectivity index (χ4n) is 4.22. The first-order valence-corrected chi connectivity index (χ1v) is 12.0. The van der Waals surface area contributed by atoms with Gasteiger partial charge in [0, 0.05) is 31.5 Å². The summed E-state index contributed by atoms with van der Waals surface area (Å²) in [6.07, 6.45) is 5.86. The Morgan fingerprint density at radius 3 is 2.59 bits per heavy atom. The van der Waals surface area contributed by atoms with Gasteiger partial charge in [0.15, 0.2) is 0 Å². The van der Waals surface area contributed by atoms with Gasteiger partial charge in [0.2, 0.25) is 11.8 Å². The van der Waals surface area contributed by atoms with E-state index in [-0.39, 0.29) is 42.0 Å². The van der Waals surface area contributed by atoms with E-state index in [9.17, 15) is 24.0 Å². The number of methoxy groups -OCH3 is 1. The summed E-state index contributed by atoms with van der Waals surface area (Å²) < 4.78 is 4.83. The second-order valence-electron chi connectivity index (χ2n) is 7.99. The fourth-order valence-corrected chi connectivity index (χ4v) is 4.83. The number of rotatable bonds is 8. The van der Waals surface area contributed by atoms with Crippen molar-refractivity contribution in [3.05, 3.63) is 24.3 Å². The number of esters is 1. The number of likely N-dealkylation sites (tertiary alicyclic amines) is 2. The highest BCUT2D eigenvalue weighted by atomic mass is 32.2. The lowest BCUT2D eigenvalue weighted by molar-refractivity contribution is -0.155. The van der Waals surface area contributed by atoms with Crippen LogP contribution in [0.2, 0.25) is 0 Å². The van der Waals surface area contributed by atoms with Gasteiger partial charge in [-0.15, -0.1) is 11.8 Å². The maximum atomic E-state index is 13.5. The van der Waals surface area contributed by atoms with Gasteiger partial charge < -0.3 is 25.0 Å². The zero-order valence-corrected chi connectivity index (χ0v) is 19.5. The predicted octanol–water partition coefficient (Wildman–Crippen LogP) is -0.452. The highest BCUT2D eigenvalue weighted by Gasteiger charge is 2.43. The average molecular weight is 494 g/mol. The zero-order chi connectivity index (χ0) is 24.7. The number of carbonyl (C=O) groups excluding carboxylic acids is 4. The van der Waals surface area contributed by atoms with Gasteiger partial charge in [-0.1, -0.05) is 0 Å². The van der Waals surface area contributed by atoms with Crippen LogP contribution in [0.3, 0.4) is 0 Å². The monoisotopic (exact) mass is 493 g/mol. The quantitative estimate of drug-likeness (QED) is 0.454. The van der Waals surface area contributed by atoms with E-state index < -0.39 is 36.0 Å². The number of nitrogens with zero attached hydrogens (tertiary/aromatic N) is 4. The topological polar surface area (TPSA) is 159 Å². The summed E-state index contributed by atoms with van der Waals surface area (Å²) in [5.74, 6) is -3.05. The van der Waals surface area contributed by atoms with E-state index in [0.717, 1.165) is 11.8 Å². The number of ether oxygens (including phenoxy) is 1. The number of amides is 3. The normalized spacial score (nSPS) is 22.2. The number of carbonyl (C=O) groups is 5. The Balaban J connectivity index is 1.75. The number of aromatic nitrogens is 2. The summed E-state index contributed by atoms with van der Waals surface area (Å²) in [7, 11) is 1.26. The number of hydrogen-bond acceptors (Lipinski definition) is 9. The molecule has 2 N–H and O–H groups in total. The second kappa shape index (κ2) is 11.8. The number of hydrogen-bond donors (Lipinski definition) is 2. The van der Waals surface area contributed by atoms with Crippen LogP contribution in [0.5, 0.6) is 0 Å². The smallest absolute Gasteiger partial charge is 0.328 e. The Morgan fingerprint density at radius 1 is 1.12 bits per heavy atom. The molecule has 0 aliphatic carbocycles. The van der Waals surface area contributed by atoms with Crippen molar-refractivity contribution in [3.63, 3.8) is 0 Å². The van der Waals surface area contributed by atoms with Crippen LogP contribution >= 0.6 is 11.8 Å². The highest BCUT2D eigenvalue weighted by Crippen LogP contribution is 2.26. The molecule has 0 radical (unpaired) electrons. The molecule has 34 heavy (non-hydrogen) atoms. The van der Waals surface area contributed by atoms with E-state index in [1.807, 2.05) is 0 Å². The Kier molecular flexibility index (Phi) is 8.79. The minimum absolute atomic E-state index is 0.0901. The summed E-state index contributed by atoms with van der Waals surface area (Å²) in [5.41, 5.74) is 0.138. The third-order valence-electron chi connectivity index (χ3n) is 5.80. The molecular formula is C21H27N5O7S. The molecule has 3 heterocycles. The maximum absolute atomic E-state index is 13.5. The van der Waals surface area contributed by atoms with E-state index in [2.05, 4.69) is 15.3 Å². The van der Waals surface area contributed by atoms with Crippen molar-refractivity contribution in [2.24, 2.45) is 0 Å². The molecule has 3 amide bonds. The van der Waals surface area contributed by atoms with Crippen LogP contribution in [0.25, 0.3) is 0 Å². The van der Waals surface area contributed by atoms with E-state index in [1.54, 1.807) is 0 Å². The number of piperidine rings is 1. The standard InChI is InChI=1S/C21H27N5O7S/c1-33-21(32)15-3-2-7-26(15)20(31)16-9-13(24-19(30)14-10-22-5-6-23-14)4-8-25(16)17(27)11-34-12-18(28)29/h5-6,10,13,15-16H,2-4,7-9,11-12H2,1H3,(H,24,30)(H,28,29). The van der Waals surface area contributed by atoms with Gasteiger partial charge in [0.1, 0.15) is 17.8 Å². The zero-order valence-electron chi connectivity index (χ0n) is 18.7. The number of nitrogens with one attached hydrogen (secondary N) is 1. The van der Waals surface area contributed by atoms with E-state index >= 15 is 0 Å². The van der Waals surface area contributed by atoms with Crippen molar-refractivity contribution in [2.45, 2.75) is 43.8 Å². The summed E-state index contributed by atoms with van der Waals surface area (Å²) in [4.78, 5) is 72.6. The molecule has 2 aliphatic heterocycles. The molecule has 1 aromatic heterocycles. The summed E-state index contributed by atoms with van der Waals surface area (Å²) in [6.45, 7) is 0.562. The van der Waals surface area contributed by atoms with Crippen molar-refractivity contribution in [2.75, 3.05) is 31.7 Å². The molecule has 2 aliphatic rings. The lowest BCUT2D eigenvalue weighted by atomic mass is 9.95. The lowest BCUT2D eigenvalue weighted by Gasteiger charge is -2.41. The van der Waals surface area contributed by atoms with Crippen molar-refractivity contribution in [1.29, 1.82) is 0 Å². The van der Waals surface area contributed by atoms with Crippen molar-refractivity contribution < 1.29 is 33.8 Å². The van der Waals surface area contributed by atoms with E-state index in [0.29, 0.717) is 25.8 Å². The first kappa shape index (κ1) is 25.4. The average Bonchev–Trinajstić information content (AvgIpc) is 3.33. The van der Waals surface area contributed by atoms with Crippen LogP contribution in [-0.4, -0.2) is 104 Å². The van der Waals surface area contributed by atoms with Gasteiger partial charge >= 0.3 is 11.9 Å². The molecule has 0 saturated carbocycles. The molecule has 0 aromatic carbocycles. The fraction of sp³-hybridized carbons (Fsp3) is 0.571. The SMILES string of the molecule is COC(=O)C1CCCN1C(=O)C1CC(NC(=O)c2cnccn2)CCN1C(=O)CSCC(=O)O. The van der Waals surface area contributed by atoms with Crippen LogP contribution in [0.15, 0.2) is 18.6 Å². The van der Waals surface area contributed by atoms with Gasteiger partial charge in [0.05, 0.1) is 24.8 Å². The molecule has 184 valence electrons. The predicted molar refractivity (Wildman–Crippen MR) is 120 cm³/mol. The Hall–Kier alpha value is -3.22. The van der Waals surface area contributed by atoms with Crippen molar-refractivity contribution >= 4 is 41.4 Å². The largest absolute Gasteiger partial charge is 0.481 e. The van der Waals surface area contributed by atoms with Gasteiger partial charge in [0.25, 0.3) is 5.91 Å². The molecular weight excluding hydrogens is 466 g/mol. The number of carboxylic acid groups (broad SMARTS) is 1. The highest BCUT2D eigenvalue weighted by molar-refractivity contribution is 8.00. The molecule has 12 nitrogen and oxygen atoms in total. The third kappa shape index (κ3) is 6.22. The first-order valence-electron chi connectivity index (χ1n) is 10.9. The van der Waals surface area contributed by atoms with Crippen molar-refractivity contribution in [1.82, 2.24) is 25.1 Å². The van der Waals surface area contributed by atoms with Crippen LogP contribution in [0.1, 0.15) is 36.2 Å². The number of aliphatic carboxylic acids is 1. The molecule has 0 spiro atoms. The Morgan fingerprint density at radius 2 is 1.91 bits per heavy atom. The van der Waals surface area contributed by atoms with Crippen LogP contribution < -0.4 is 5.32 Å². The van der Waals surface area contributed by atoms with E-state index in [4.69, 9.17) is 9.84 Å². The van der Waals surface area contributed by atoms with Crippen LogP contribution in [-0.2, 0) is 23.9 Å². The van der Waals surface area contributed by atoms with Gasteiger partial charge in [-0.2, -0.15) is 0 Å². The first-order chi connectivity index (χ1) is 16.3. The summed E-state index contributed by atoms with van der Waals surface area (Å²) in [6, 6.07) is -2.02. The van der Waals surface area contributed by atoms with Gasteiger partial charge in [-0.3, -0.25) is 24.2 Å². The van der Waals surface area contributed by atoms with Crippen LogP contribution in [0, 0.1) is 0 Å². The molecule has 2 fully saturated rings. The number of thioether (sulfide) groups is 1. The maximum Gasteiger partial charge on any atom is 0.328 e. The molecule has 1 aromatic rings. The molecule has 3 rings (SSSR count). The lowest BCUT2D eigenvalue weighted by Crippen LogP contribution is -2.59. The second-order valence-corrected chi connectivity index (χ2v) is 8.97.